The Kier molecular flexibility index (Phi) is 13.9. The molecule has 0 saturated carbocycles. The Morgan fingerprint density at radius 2 is 1.62 bits per heavy atom. The summed E-state index contributed by atoms with van der Waals surface area (Å²) in [5.74, 6) is -1.77. The number of carbonyl (C=O) groups is 2. The number of carbonyl (C=O) groups excluding carboxylic acids is 2. The summed E-state index contributed by atoms with van der Waals surface area (Å²) in [5, 5.41) is 2.94. The maximum Gasteiger partial charge on any atom is 0.419 e. The van der Waals surface area contributed by atoms with Gasteiger partial charge < -0.3 is 19.7 Å². The molecule has 0 aliphatic rings. The highest BCUT2D eigenvalue weighted by Gasteiger charge is 2.33. The van der Waals surface area contributed by atoms with Crippen LogP contribution in [0.2, 0.25) is 0 Å². The van der Waals surface area contributed by atoms with Gasteiger partial charge in [-0.25, -0.2) is 4.39 Å². The molecule has 216 valence electrons. The van der Waals surface area contributed by atoms with Crippen LogP contribution in [-0.2, 0) is 38.5 Å². The average Bonchev–Trinajstić information content (AvgIpc) is 2.86. The van der Waals surface area contributed by atoms with Gasteiger partial charge in [0.25, 0.3) is 0 Å². The maximum atomic E-state index is 13.6. The molecule has 1 N–H and O–H groups in total. The van der Waals surface area contributed by atoms with Crippen molar-refractivity contribution in [2.45, 2.75) is 70.4 Å². The number of nitrogens with one attached hydrogen (secondary N) is 1. The van der Waals surface area contributed by atoms with Crippen molar-refractivity contribution in [2.24, 2.45) is 0 Å². The molecule has 1 atom stereocenters. The average molecular weight is 555 g/mol. The third-order valence-corrected chi connectivity index (χ3v) is 5.91. The molecular weight excluding hydrogens is 516 g/mol. The topological polar surface area (TPSA) is 67.9 Å². The standard InChI is InChI=1S/C29H38F4N2O4/c1-35(2)19-24(18-28(37)39-21-22-11-7-6-8-12-22)34-27(36)13-9-4-3-5-10-16-38-20-23-14-15-25(26(30)17-23)29(31,32)33/h6-8,11-12,14-15,17,24H,3-5,9-10,13,16,18-21H2,1-2H3,(H,34,36). The molecule has 1 amide bonds. The molecule has 6 nitrogen and oxygen atoms in total. The summed E-state index contributed by atoms with van der Waals surface area (Å²) in [6.07, 6.45) is -0.160. The van der Waals surface area contributed by atoms with Gasteiger partial charge in [0, 0.05) is 19.6 Å². The van der Waals surface area contributed by atoms with Gasteiger partial charge in [0.2, 0.25) is 5.91 Å². The van der Waals surface area contributed by atoms with E-state index < -0.39 is 17.6 Å². The zero-order valence-electron chi connectivity index (χ0n) is 22.6. The maximum absolute atomic E-state index is 13.6. The van der Waals surface area contributed by atoms with Crippen molar-refractivity contribution < 1.29 is 36.6 Å². The fraction of sp³-hybridized carbons (Fsp3) is 0.517. The van der Waals surface area contributed by atoms with Crippen molar-refractivity contribution in [1.29, 1.82) is 0 Å². The molecular formula is C29H38F4N2O4. The molecule has 1 unspecified atom stereocenters. The first-order valence-corrected chi connectivity index (χ1v) is 13.1. The number of benzene rings is 2. The van der Waals surface area contributed by atoms with Gasteiger partial charge in [-0.15, -0.1) is 0 Å². The molecule has 0 heterocycles. The van der Waals surface area contributed by atoms with Crippen LogP contribution in [-0.4, -0.2) is 50.1 Å². The smallest absolute Gasteiger partial charge is 0.419 e. The monoisotopic (exact) mass is 554 g/mol. The highest BCUT2D eigenvalue weighted by molar-refractivity contribution is 5.77. The summed E-state index contributed by atoms with van der Waals surface area (Å²) in [7, 11) is 3.75. The van der Waals surface area contributed by atoms with Crippen LogP contribution in [0.4, 0.5) is 17.6 Å². The molecule has 0 spiro atoms. The predicted molar refractivity (Wildman–Crippen MR) is 140 cm³/mol. The Labute approximate surface area is 227 Å². The number of nitrogens with zero attached hydrogens (tertiary/aromatic N) is 1. The minimum absolute atomic E-state index is 0.0448. The van der Waals surface area contributed by atoms with Crippen molar-refractivity contribution in [3.8, 4) is 0 Å². The Hall–Kier alpha value is -2.98. The van der Waals surface area contributed by atoms with E-state index in [4.69, 9.17) is 9.47 Å². The number of esters is 1. The lowest BCUT2D eigenvalue weighted by Crippen LogP contribution is -2.43. The summed E-state index contributed by atoms with van der Waals surface area (Å²) in [5.41, 5.74) is -0.0295. The van der Waals surface area contributed by atoms with Crippen molar-refractivity contribution in [3.05, 3.63) is 71.0 Å². The predicted octanol–water partition coefficient (Wildman–Crippen LogP) is 5.88. The first-order chi connectivity index (χ1) is 18.5. The minimum Gasteiger partial charge on any atom is -0.461 e. The number of hydrogen-bond donors (Lipinski definition) is 1. The lowest BCUT2D eigenvalue weighted by Gasteiger charge is -2.22. The van der Waals surface area contributed by atoms with Crippen molar-refractivity contribution in [1.82, 2.24) is 10.2 Å². The van der Waals surface area contributed by atoms with Gasteiger partial charge in [0.15, 0.2) is 0 Å². The first kappa shape index (κ1) is 32.2. The number of ether oxygens (including phenoxy) is 2. The van der Waals surface area contributed by atoms with E-state index in [0.29, 0.717) is 31.6 Å². The molecule has 0 aliphatic heterocycles. The molecule has 2 rings (SSSR count). The molecule has 0 fully saturated rings. The van der Waals surface area contributed by atoms with E-state index in [1.165, 1.54) is 6.07 Å². The Morgan fingerprint density at radius 3 is 2.28 bits per heavy atom. The minimum atomic E-state index is -4.71. The molecule has 39 heavy (non-hydrogen) atoms. The summed E-state index contributed by atoms with van der Waals surface area (Å²) < 4.78 is 62.2. The fourth-order valence-corrected chi connectivity index (χ4v) is 3.99. The van der Waals surface area contributed by atoms with Crippen molar-refractivity contribution in [3.63, 3.8) is 0 Å². The van der Waals surface area contributed by atoms with E-state index in [1.807, 2.05) is 49.3 Å². The van der Waals surface area contributed by atoms with Gasteiger partial charge in [-0.3, -0.25) is 9.59 Å². The third kappa shape index (κ3) is 13.6. The van der Waals surface area contributed by atoms with Crippen LogP contribution >= 0.6 is 0 Å². The molecule has 2 aromatic carbocycles. The molecule has 2 aromatic rings. The van der Waals surface area contributed by atoms with E-state index >= 15 is 0 Å². The zero-order chi connectivity index (χ0) is 28.7. The highest BCUT2D eigenvalue weighted by Crippen LogP contribution is 2.31. The van der Waals surface area contributed by atoms with E-state index in [-0.39, 0.29) is 37.6 Å². The SMILES string of the molecule is CN(C)CC(CC(=O)OCc1ccccc1)NC(=O)CCCCCCCOCc1ccc(C(F)(F)F)c(F)c1. The summed E-state index contributed by atoms with van der Waals surface area (Å²) >= 11 is 0. The van der Waals surface area contributed by atoms with Gasteiger partial charge in [-0.2, -0.15) is 13.2 Å². The number of hydrogen-bond acceptors (Lipinski definition) is 5. The quantitative estimate of drug-likeness (QED) is 0.150. The van der Waals surface area contributed by atoms with E-state index in [1.54, 1.807) is 0 Å². The Bertz CT molecular complexity index is 1020. The third-order valence-electron chi connectivity index (χ3n) is 5.91. The molecule has 10 heteroatoms. The van der Waals surface area contributed by atoms with Gasteiger partial charge in [-0.05, 0) is 50.2 Å². The number of alkyl halides is 3. The van der Waals surface area contributed by atoms with Crippen molar-refractivity contribution >= 4 is 11.9 Å². The number of amides is 1. The van der Waals surface area contributed by atoms with Crippen LogP contribution in [0.3, 0.4) is 0 Å². The van der Waals surface area contributed by atoms with E-state index in [9.17, 15) is 27.2 Å². The summed E-state index contributed by atoms with van der Waals surface area (Å²) in [6, 6.07) is 11.9. The normalized spacial score (nSPS) is 12.4. The zero-order valence-corrected chi connectivity index (χ0v) is 22.6. The number of unbranched alkanes of at least 4 members (excludes halogenated alkanes) is 4. The molecule has 0 aromatic heterocycles. The Morgan fingerprint density at radius 1 is 0.923 bits per heavy atom. The van der Waals surface area contributed by atoms with Crippen LogP contribution < -0.4 is 5.32 Å². The molecule has 0 saturated heterocycles. The van der Waals surface area contributed by atoms with Crippen LogP contribution in [0, 0.1) is 5.82 Å². The van der Waals surface area contributed by atoms with Gasteiger partial charge in [0.1, 0.15) is 12.4 Å². The van der Waals surface area contributed by atoms with Crippen LogP contribution in [0.1, 0.15) is 61.6 Å². The highest BCUT2D eigenvalue weighted by atomic mass is 19.4. The second-order valence-electron chi connectivity index (χ2n) is 9.76. The van der Waals surface area contributed by atoms with Crippen LogP contribution in [0.25, 0.3) is 0 Å². The molecule has 0 radical (unpaired) electrons. The van der Waals surface area contributed by atoms with Crippen LogP contribution in [0.15, 0.2) is 48.5 Å². The van der Waals surface area contributed by atoms with Crippen molar-refractivity contribution in [2.75, 3.05) is 27.2 Å². The van der Waals surface area contributed by atoms with E-state index in [0.717, 1.165) is 43.4 Å². The van der Waals surface area contributed by atoms with Gasteiger partial charge in [-0.1, -0.05) is 55.7 Å². The lowest BCUT2D eigenvalue weighted by atomic mass is 10.1. The largest absolute Gasteiger partial charge is 0.461 e. The second-order valence-corrected chi connectivity index (χ2v) is 9.76. The molecule has 0 bridgehead atoms. The number of halogens is 4. The van der Waals surface area contributed by atoms with E-state index in [2.05, 4.69) is 5.32 Å². The summed E-state index contributed by atoms with van der Waals surface area (Å²) in [6.45, 7) is 1.17. The molecule has 0 aliphatic carbocycles. The van der Waals surface area contributed by atoms with Gasteiger partial charge in [0.05, 0.1) is 24.6 Å². The van der Waals surface area contributed by atoms with Gasteiger partial charge >= 0.3 is 12.1 Å². The number of likely N-dealkylation sites (N-methyl/N-ethyl adjacent to an activating group) is 1. The fourth-order valence-electron chi connectivity index (χ4n) is 3.99. The number of rotatable bonds is 17. The summed E-state index contributed by atoms with van der Waals surface area (Å²) in [4.78, 5) is 26.6. The first-order valence-electron chi connectivity index (χ1n) is 13.1. The van der Waals surface area contributed by atoms with Crippen LogP contribution in [0.5, 0.6) is 0 Å². The lowest BCUT2D eigenvalue weighted by molar-refractivity contribution is -0.145. The second kappa shape index (κ2) is 16.9. The Balaban J connectivity index is 1.56.